The van der Waals surface area contributed by atoms with Crippen molar-refractivity contribution < 1.29 is 19.1 Å². The number of amides is 1. The molecule has 140 valence electrons. The van der Waals surface area contributed by atoms with Crippen LogP contribution >= 0.6 is 0 Å². The number of methoxy groups -OCH3 is 1. The second kappa shape index (κ2) is 8.47. The Morgan fingerprint density at radius 3 is 2.68 bits per heavy atom. The summed E-state index contributed by atoms with van der Waals surface area (Å²) < 4.78 is 12.2. The van der Waals surface area contributed by atoms with Crippen LogP contribution in [0.1, 0.15) is 49.1 Å². The summed E-state index contributed by atoms with van der Waals surface area (Å²) in [5.74, 6) is -0.627. The van der Waals surface area contributed by atoms with Crippen LogP contribution in [0, 0.1) is 13.8 Å². The van der Waals surface area contributed by atoms with Gasteiger partial charge in [0.2, 0.25) is 5.91 Å². The lowest BCUT2D eigenvalue weighted by molar-refractivity contribution is -0.142. The first-order chi connectivity index (χ1) is 11.8. The average molecular weight is 351 g/mol. The summed E-state index contributed by atoms with van der Waals surface area (Å²) in [5.41, 5.74) is 2.82. The average Bonchev–Trinajstić information content (AvgIpc) is 3.18. The Kier molecular flexibility index (Phi) is 6.58. The first kappa shape index (κ1) is 19.4. The molecule has 1 aromatic heterocycles. The number of rotatable bonds is 7. The van der Waals surface area contributed by atoms with Gasteiger partial charge in [-0.15, -0.1) is 0 Å². The van der Waals surface area contributed by atoms with E-state index in [1.54, 1.807) is 9.58 Å². The van der Waals surface area contributed by atoms with Gasteiger partial charge in [0, 0.05) is 38.0 Å². The number of ether oxygens (including phenoxy) is 2. The molecule has 2 unspecified atom stereocenters. The monoisotopic (exact) mass is 351 g/mol. The lowest BCUT2D eigenvalue weighted by Gasteiger charge is -2.28. The molecule has 0 radical (unpaired) electrons. The first-order valence-electron chi connectivity index (χ1n) is 8.82. The quantitative estimate of drug-likeness (QED) is 0.699. The normalized spacial score (nSPS) is 18.2. The highest BCUT2D eigenvalue weighted by molar-refractivity contribution is 5.84. The topological polar surface area (TPSA) is 73.7 Å². The van der Waals surface area contributed by atoms with Gasteiger partial charge in [0.1, 0.15) is 0 Å². The highest BCUT2D eigenvalue weighted by atomic mass is 16.5. The van der Waals surface area contributed by atoms with Gasteiger partial charge >= 0.3 is 5.97 Å². The van der Waals surface area contributed by atoms with Crippen molar-refractivity contribution in [2.24, 2.45) is 7.05 Å². The number of aryl methyl sites for hydroxylation is 2. The minimum atomic E-state index is -0.313. The number of hydrogen-bond acceptors (Lipinski definition) is 5. The van der Waals surface area contributed by atoms with Gasteiger partial charge in [0.15, 0.2) is 0 Å². The summed E-state index contributed by atoms with van der Waals surface area (Å²) in [5, 5.41) is 4.41. The van der Waals surface area contributed by atoms with Crippen molar-refractivity contribution in [1.29, 1.82) is 0 Å². The molecule has 0 aromatic carbocycles. The predicted molar refractivity (Wildman–Crippen MR) is 93.3 cm³/mol. The molecule has 2 rings (SSSR count). The van der Waals surface area contributed by atoms with Gasteiger partial charge in [0.05, 0.1) is 31.2 Å². The van der Waals surface area contributed by atoms with Crippen LogP contribution in [0.15, 0.2) is 0 Å². The highest BCUT2D eigenvalue weighted by Gasteiger charge is 2.29. The van der Waals surface area contributed by atoms with Gasteiger partial charge < -0.3 is 14.4 Å². The second-order valence-electron chi connectivity index (χ2n) is 6.68. The molecule has 1 amide bonds. The van der Waals surface area contributed by atoms with E-state index in [0.717, 1.165) is 36.4 Å². The van der Waals surface area contributed by atoms with E-state index in [1.807, 2.05) is 27.8 Å². The molecule has 2 heterocycles. The molecule has 1 aliphatic rings. The fourth-order valence-electron chi connectivity index (χ4n) is 3.47. The number of aromatic nitrogens is 2. The third-order valence-electron chi connectivity index (χ3n) is 4.94. The van der Waals surface area contributed by atoms with Crippen LogP contribution in [0.25, 0.3) is 0 Å². The largest absolute Gasteiger partial charge is 0.469 e. The Balaban J connectivity index is 2.15. The Bertz CT molecular complexity index is 620. The highest BCUT2D eigenvalue weighted by Crippen LogP contribution is 2.25. The van der Waals surface area contributed by atoms with E-state index < -0.39 is 0 Å². The summed E-state index contributed by atoms with van der Waals surface area (Å²) in [6.07, 6.45) is 2.19. The molecule has 2 atom stereocenters. The van der Waals surface area contributed by atoms with E-state index in [2.05, 4.69) is 5.10 Å². The molecule has 0 bridgehead atoms. The summed E-state index contributed by atoms with van der Waals surface area (Å²) in [4.78, 5) is 26.4. The molecular formula is C18H29N3O4. The number of carbonyl (C=O) groups excluding carboxylic acids is 2. The minimum absolute atomic E-state index is 0.00129. The Hall–Kier alpha value is -1.89. The fourth-order valence-corrected chi connectivity index (χ4v) is 3.47. The molecular weight excluding hydrogens is 322 g/mol. The molecule has 1 aliphatic heterocycles. The van der Waals surface area contributed by atoms with Crippen molar-refractivity contribution >= 4 is 11.9 Å². The predicted octanol–water partition coefficient (Wildman–Crippen LogP) is 1.71. The van der Waals surface area contributed by atoms with Crippen LogP contribution in [0.2, 0.25) is 0 Å². The number of hydrogen-bond donors (Lipinski definition) is 0. The molecule has 1 fully saturated rings. The zero-order valence-electron chi connectivity index (χ0n) is 15.9. The third-order valence-corrected chi connectivity index (χ3v) is 4.94. The van der Waals surface area contributed by atoms with Gasteiger partial charge in [-0.1, -0.05) is 0 Å². The maximum atomic E-state index is 13.1. The summed E-state index contributed by atoms with van der Waals surface area (Å²) in [6.45, 7) is 7.38. The van der Waals surface area contributed by atoms with E-state index >= 15 is 0 Å². The first-order valence-corrected chi connectivity index (χ1v) is 8.82. The lowest BCUT2D eigenvalue weighted by Crippen LogP contribution is -2.41. The number of nitrogens with zero attached hydrogens (tertiary/aromatic N) is 3. The number of carbonyl (C=O) groups is 2. The second-order valence-corrected chi connectivity index (χ2v) is 6.68. The molecule has 1 aromatic rings. The fraction of sp³-hybridized carbons (Fsp3) is 0.722. The van der Waals surface area contributed by atoms with Crippen LogP contribution in [-0.2, 0) is 26.1 Å². The van der Waals surface area contributed by atoms with E-state index in [-0.39, 0.29) is 30.3 Å². The van der Waals surface area contributed by atoms with E-state index in [9.17, 15) is 9.59 Å². The molecule has 7 nitrogen and oxygen atoms in total. The Morgan fingerprint density at radius 1 is 1.44 bits per heavy atom. The Labute approximate surface area is 149 Å². The molecule has 7 heteroatoms. The minimum Gasteiger partial charge on any atom is -0.469 e. The van der Waals surface area contributed by atoms with Crippen molar-refractivity contribution in [3.05, 3.63) is 17.0 Å². The third kappa shape index (κ3) is 4.60. The van der Waals surface area contributed by atoms with Gasteiger partial charge in [-0.2, -0.15) is 5.10 Å². The van der Waals surface area contributed by atoms with E-state index in [0.29, 0.717) is 13.1 Å². The molecule has 1 saturated heterocycles. The maximum absolute atomic E-state index is 13.1. The number of esters is 1. The molecule has 0 saturated carbocycles. The van der Waals surface area contributed by atoms with Crippen molar-refractivity contribution in [2.45, 2.75) is 52.1 Å². The SMILES string of the molecule is COC(=O)CCN(CC1CCCO1)C(=O)C(C)c1c(C)nn(C)c1C. The van der Waals surface area contributed by atoms with Gasteiger partial charge in [-0.3, -0.25) is 14.3 Å². The van der Waals surface area contributed by atoms with Crippen LogP contribution in [-0.4, -0.2) is 59.5 Å². The van der Waals surface area contributed by atoms with Crippen molar-refractivity contribution in [2.75, 3.05) is 26.8 Å². The van der Waals surface area contributed by atoms with Gasteiger partial charge in [0.25, 0.3) is 0 Å². The van der Waals surface area contributed by atoms with E-state index in [4.69, 9.17) is 9.47 Å². The van der Waals surface area contributed by atoms with Crippen LogP contribution in [0.4, 0.5) is 0 Å². The lowest BCUT2D eigenvalue weighted by atomic mass is 9.97. The molecule has 0 spiro atoms. The summed E-state index contributed by atoms with van der Waals surface area (Å²) in [6, 6.07) is 0. The molecule has 0 aliphatic carbocycles. The zero-order chi connectivity index (χ0) is 18.6. The van der Waals surface area contributed by atoms with Crippen molar-refractivity contribution in [3.8, 4) is 0 Å². The van der Waals surface area contributed by atoms with Crippen LogP contribution in [0.3, 0.4) is 0 Å². The van der Waals surface area contributed by atoms with Crippen molar-refractivity contribution in [3.63, 3.8) is 0 Å². The summed E-state index contributed by atoms with van der Waals surface area (Å²) >= 11 is 0. The zero-order valence-corrected chi connectivity index (χ0v) is 15.9. The molecule has 25 heavy (non-hydrogen) atoms. The van der Waals surface area contributed by atoms with Crippen LogP contribution in [0.5, 0.6) is 0 Å². The van der Waals surface area contributed by atoms with Crippen LogP contribution < -0.4 is 0 Å². The van der Waals surface area contributed by atoms with Gasteiger partial charge in [-0.05, 0) is 33.6 Å². The Morgan fingerprint density at radius 2 is 2.16 bits per heavy atom. The van der Waals surface area contributed by atoms with Crippen molar-refractivity contribution in [1.82, 2.24) is 14.7 Å². The smallest absolute Gasteiger partial charge is 0.307 e. The van der Waals surface area contributed by atoms with Gasteiger partial charge in [-0.25, -0.2) is 0 Å². The maximum Gasteiger partial charge on any atom is 0.307 e. The molecule has 0 N–H and O–H groups in total. The summed E-state index contributed by atoms with van der Waals surface area (Å²) in [7, 11) is 3.24. The van der Waals surface area contributed by atoms with E-state index in [1.165, 1.54) is 7.11 Å². The standard InChI is InChI=1S/C18H29N3O4/c1-12(17-13(2)19-20(4)14(17)3)18(23)21(9-8-16(22)24-5)11-15-7-6-10-25-15/h12,15H,6-11H2,1-5H3.